The molecular weight excluding hydrogens is 539 g/mol. The maximum Gasteiger partial charge on any atom is 0.0794 e. The summed E-state index contributed by atoms with van der Waals surface area (Å²) in [6.45, 7) is 0. The van der Waals surface area contributed by atoms with Crippen LogP contribution >= 0.6 is 11.3 Å². The number of fused-ring (bicyclic) bond motifs is 9. The Balaban J connectivity index is 1.22. The van der Waals surface area contributed by atoms with Crippen molar-refractivity contribution >= 4 is 64.0 Å². The minimum absolute atomic E-state index is 0.990. The van der Waals surface area contributed by atoms with Gasteiger partial charge in [0.25, 0.3) is 0 Å². The highest BCUT2D eigenvalue weighted by Gasteiger charge is 2.15. The molecule has 7 aromatic carbocycles. The van der Waals surface area contributed by atoms with Crippen molar-refractivity contribution in [3.05, 3.63) is 152 Å². The minimum atomic E-state index is 0.990. The van der Waals surface area contributed by atoms with Gasteiger partial charge in [-0.3, -0.25) is 0 Å². The van der Waals surface area contributed by atoms with Crippen LogP contribution in [0.1, 0.15) is 0 Å². The third-order valence-corrected chi connectivity index (χ3v) is 9.95. The molecule has 0 unspecified atom stereocenters. The number of hydrogen-bond acceptors (Lipinski definition) is 2. The second-order valence-electron chi connectivity index (χ2n) is 11.1. The molecule has 9 aromatic rings. The van der Waals surface area contributed by atoms with Crippen LogP contribution < -0.4 is 0 Å². The van der Waals surface area contributed by atoms with Gasteiger partial charge in [-0.05, 0) is 56.6 Å². The summed E-state index contributed by atoms with van der Waals surface area (Å²) in [5.41, 5.74) is 8.18. The summed E-state index contributed by atoms with van der Waals surface area (Å²) in [6, 6.07) is 54.7. The molecular formula is C41H25NS. The van der Waals surface area contributed by atoms with Crippen LogP contribution in [-0.4, -0.2) is 4.98 Å². The Kier molecular flexibility index (Phi) is 5.44. The molecule has 0 aliphatic heterocycles. The van der Waals surface area contributed by atoms with Gasteiger partial charge in [0.1, 0.15) is 0 Å². The minimum Gasteiger partial charge on any atom is -0.247 e. The number of rotatable bonds is 3. The number of hydrogen-bond donors (Lipinski definition) is 0. The Hall–Kier alpha value is -5.31. The summed E-state index contributed by atoms with van der Waals surface area (Å²) in [7, 11) is 0. The molecule has 0 atom stereocenters. The van der Waals surface area contributed by atoms with Crippen molar-refractivity contribution in [1.82, 2.24) is 4.98 Å². The lowest BCUT2D eigenvalue weighted by Crippen LogP contribution is -1.90. The molecule has 1 nitrogen and oxygen atoms in total. The molecule has 0 fully saturated rings. The topological polar surface area (TPSA) is 12.9 Å². The second-order valence-corrected chi connectivity index (χ2v) is 12.1. The van der Waals surface area contributed by atoms with Crippen LogP contribution in [0.15, 0.2) is 152 Å². The Morgan fingerprint density at radius 2 is 0.837 bits per heavy atom. The Morgan fingerprint density at radius 3 is 1.53 bits per heavy atom. The fourth-order valence-corrected chi connectivity index (χ4v) is 8.03. The van der Waals surface area contributed by atoms with Crippen molar-refractivity contribution in [3.8, 4) is 33.5 Å². The lowest BCUT2D eigenvalue weighted by molar-refractivity contribution is 1.41. The standard InChI is InChI=1S/C41H25NS/c1-2-11-26(12-3-1)29-19-9-21-36-37-22-10-20-30(41(37)43-40(29)36)27-13-8-14-28(25-27)38-24-23-35-33-17-5-4-15-31(33)32-16-6-7-18-34(32)39(35)42-38/h1-25H. The number of benzene rings is 7. The molecule has 0 saturated heterocycles. The van der Waals surface area contributed by atoms with Crippen molar-refractivity contribution < 1.29 is 0 Å². The van der Waals surface area contributed by atoms with Gasteiger partial charge >= 0.3 is 0 Å². The second kappa shape index (κ2) is 9.62. The molecule has 2 aromatic heterocycles. The maximum atomic E-state index is 5.30. The van der Waals surface area contributed by atoms with E-state index in [9.17, 15) is 0 Å². The highest BCUT2D eigenvalue weighted by molar-refractivity contribution is 7.26. The average Bonchev–Trinajstić information content (AvgIpc) is 3.48. The van der Waals surface area contributed by atoms with Crippen molar-refractivity contribution in [1.29, 1.82) is 0 Å². The summed E-state index contributed by atoms with van der Waals surface area (Å²) in [4.78, 5) is 5.30. The van der Waals surface area contributed by atoms with E-state index in [1.165, 1.54) is 69.4 Å². The molecule has 0 radical (unpaired) electrons. The molecule has 0 saturated carbocycles. The predicted molar refractivity (Wildman–Crippen MR) is 186 cm³/mol. The number of aromatic nitrogens is 1. The van der Waals surface area contributed by atoms with Crippen LogP contribution in [0, 0.1) is 0 Å². The first-order valence-corrected chi connectivity index (χ1v) is 15.5. The van der Waals surface area contributed by atoms with E-state index in [-0.39, 0.29) is 0 Å². The third-order valence-electron chi connectivity index (χ3n) is 8.66. The van der Waals surface area contributed by atoms with E-state index in [0.29, 0.717) is 0 Å². The van der Waals surface area contributed by atoms with Crippen molar-refractivity contribution in [3.63, 3.8) is 0 Å². The SMILES string of the molecule is c1ccc(-c2cccc3c2sc2c(-c4cccc(-c5ccc6c7ccccc7c7ccccc7c6n5)c4)cccc23)cc1. The molecule has 9 rings (SSSR count). The first-order chi connectivity index (χ1) is 21.3. The molecule has 2 heteroatoms. The van der Waals surface area contributed by atoms with E-state index in [0.717, 1.165) is 16.8 Å². The van der Waals surface area contributed by atoms with Crippen LogP contribution in [0.4, 0.5) is 0 Å². The van der Waals surface area contributed by atoms with Gasteiger partial charge in [-0.1, -0.05) is 133 Å². The summed E-state index contributed by atoms with van der Waals surface area (Å²) >= 11 is 1.90. The number of thiophene rings is 1. The highest BCUT2D eigenvalue weighted by atomic mass is 32.1. The zero-order valence-corrected chi connectivity index (χ0v) is 24.1. The summed E-state index contributed by atoms with van der Waals surface area (Å²) in [5.74, 6) is 0. The molecule has 0 N–H and O–H groups in total. The van der Waals surface area contributed by atoms with Gasteiger partial charge in [0.05, 0.1) is 11.2 Å². The van der Waals surface area contributed by atoms with Gasteiger partial charge < -0.3 is 0 Å². The summed E-state index contributed by atoms with van der Waals surface area (Å²) in [5, 5.41) is 8.77. The van der Waals surface area contributed by atoms with Crippen LogP contribution in [0.3, 0.4) is 0 Å². The zero-order chi connectivity index (χ0) is 28.3. The lowest BCUT2D eigenvalue weighted by atomic mass is 9.96. The van der Waals surface area contributed by atoms with Gasteiger partial charge in [0.2, 0.25) is 0 Å². The van der Waals surface area contributed by atoms with Gasteiger partial charge in [-0.25, -0.2) is 4.98 Å². The molecule has 0 aliphatic rings. The molecule has 43 heavy (non-hydrogen) atoms. The largest absolute Gasteiger partial charge is 0.247 e. The third kappa shape index (κ3) is 3.81. The maximum absolute atomic E-state index is 5.30. The van der Waals surface area contributed by atoms with Gasteiger partial charge in [0, 0.05) is 36.5 Å². The normalized spacial score (nSPS) is 11.7. The number of nitrogens with zero attached hydrogens (tertiary/aromatic N) is 1. The monoisotopic (exact) mass is 563 g/mol. The fraction of sp³-hybridized carbons (Fsp3) is 0. The van der Waals surface area contributed by atoms with Crippen LogP contribution in [0.25, 0.3) is 86.1 Å². The molecule has 0 spiro atoms. The fourth-order valence-electron chi connectivity index (χ4n) is 6.66. The van der Waals surface area contributed by atoms with E-state index in [2.05, 4.69) is 152 Å². The molecule has 2 heterocycles. The lowest BCUT2D eigenvalue weighted by Gasteiger charge is -2.12. The van der Waals surface area contributed by atoms with Crippen molar-refractivity contribution in [2.45, 2.75) is 0 Å². The van der Waals surface area contributed by atoms with E-state index >= 15 is 0 Å². The van der Waals surface area contributed by atoms with Gasteiger partial charge in [0.15, 0.2) is 0 Å². The molecule has 0 bridgehead atoms. The van der Waals surface area contributed by atoms with E-state index in [4.69, 9.17) is 4.98 Å². The van der Waals surface area contributed by atoms with E-state index in [1.807, 2.05) is 11.3 Å². The first-order valence-electron chi connectivity index (χ1n) is 14.6. The Morgan fingerprint density at radius 1 is 0.349 bits per heavy atom. The average molecular weight is 564 g/mol. The number of pyridine rings is 1. The molecule has 0 aliphatic carbocycles. The Labute approximate surface area is 253 Å². The zero-order valence-electron chi connectivity index (χ0n) is 23.3. The van der Waals surface area contributed by atoms with Crippen molar-refractivity contribution in [2.24, 2.45) is 0 Å². The van der Waals surface area contributed by atoms with Crippen LogP contribution in [-0.2, 0) is 0 Å². The van der Waals surface area contributed by atoms with Crippen molar-refractivity contribution in [2.75, 3.05) is 0 Å². The van der Waals surface area contributed by atoms with E-state index < -0.39 is 0 Å². The van der Waals surface area contributed by atoms with Gasteiger partial charge in [-0.2, -0.15) is 0 Å². The summed E-state index contributed by atoms with van der Waals surface area (Å²) in [6.07, 6.45) is 0. The smallest absolute Gasteiger partial charge is 0.0794 e. The quantitative estimate of drug-likeness (QED) is 0.195. The Bertz CT molecular complexity index is 2470. The molecule has 200 valence electrons. The first kappa shape index (κ1) is 24.3. The predicted octanol–water partition coefficient (Wildman–Crippen LogP) is 11.9. The van der Waals surface area contributed by atoms with Crippen LogP contribution in [0.5, 0.6) is 0 Å². The van der Waals surface area contributed by atoms with Gasteiger partial charge in [-0.15, -0.1) is 11.3 Å². The summed E-state index contributed by atoms with van der Waals surface area (Å²) < 4.78 is 2.66. The molecule has 0 amide bonds. The van der Waals surface area contributed by atoms with Crippen LogP contribution in [0.2, 0.25) is 0 Å². The van der Waals surface area contributed by atoms with E-state index in [1.54, 1.807) is 0 Å². The highest BCUT2D eigenvalue weighted by Crippen LogP contribution is 2.44.